The molecule has 1 fully saturated rings. The molecule has 0 aliphatic carbocycles. The van der Waals surface area contributed by atoms with Gasteiger partial charge in [0, 0.05) is 17.8 Å². The monoisotopic (exact) mass is 282 g/mol. The van der Waals surface area contributed by atoms with Crippen LogP contribution in [-0.4, -0.2) is 31.1 Å². The molecule has 0 radical (unpaired) electrons. The molecule has 0 aromatic heterocycles. The molecule has 0 saturated carbocycles. The first-order chi connectivity index (χ1) is 10.3. The minimum absolute atomic E-state index is 0.563. The van der Waals surface area contributed by atoms with Crippen molar-refractivity contribution in [1.29, 1.82) is 0 Å². The Bertz CT molecular complexity index is 562. The van der Waals surface area contributed by atoms with Crippen molar-refractivity contribution in [3.8, 4) is 11.5 Å². The van der Waals surface area contributed by atoms with Crippen LogP contribution in [0.1, 0.15) is 12.8 Å². The van der Waals surface area contributed by atoms with Crippen molar-refractivity contribution in [2.75, 3.05) is 25.5 Å². The van der Waals surface area contributed by atoms with Crippen LogP contribution < -0.4 is 10.1 Å². The predicted molar refractivity (Wildman–Crippen MR) is 87.1 cm³/mol. The molecule has 21 heavy (non-hydrogen) atoms. The summed E-state index contributed by atoms with van der Waals surface area (Å²) in [5, 5.41) is 3.62. The molecule has 2 aromatic carbocycles. The molecule has 0 unspecified atom stereocenters. The first-order valence-corrected chi connectivity index (χ1v) is 7.58. The van der Waals surface area contributed by atoms with Crippen molar-refractivity contribution in [2.45, 2.75) is 18.9 Å². The quantitative estimate of drug-likeness (QED) is 0.918. The zero-order valence-electron chi connectivity index (χ0n) is 12.5. The third kappa shape index (κ3) is 3.99. The van der Waals surface area contributed by atoms with Crippen molar-refractivity contribution < 1.29 is 4.74 Å². The molecule has 0 atom stereocenters. The Balaban J connectivity index is 1.63. The van der Waals surface area contributed by atoms with Crippen LogP contribution in [0.3, 0.4) is 0 Å². The van der Waals surface area contributed by atoms with E-state index in [4.69, 9.17) is 4.74 Å². The van der Waals surface area contributed by atoms with Gasteiger partial charge < -0.3 is 15.0 Å². The smallest absolute Gasteiger partial charge is 0.129 e. The van der Waals surface area contributed by atoms with E-state index in [1.165, 1.54) is 12.8 Å². The van der Waals surface area contributed by atoms with E-state index >= 15 is 0 Å². The highest BCUT2D eigenvalue weighted by molar-refractivity contribution is 5.49. The molecule has 1 N–H and O–H groups in total. The average Bonchev–Trinajstić information content (AvgIpc) is 2.51. The predicted octanol–water partition coefficient (Wildman–Crippen LogP) is 3.99. The normalized spacial score (nSPS) is 16.6. The van der Waals surface area contributed by atoms with Gasteiger partial charge in [0.2, 0.25) is 0 Å². The number of para-hydroxylation sites is 1. The summed E-state index contributed by atoms with van der Waals surface area (Å²) in [7, 11) is 2.19. The van der Waals surface area contributed by atoms with Crippen LogP contribution in [0.2, 0.25) is 0 Å². The molecule has 3 nitrogen and oxygen atoms in total. The zero-order valence-corrected chi connectivity index (χ0v) is 12.5. The Hall–Kier alpha value is -2.00. The topological polar surface area (TPSA) is 24.5 Å². The molecule has 1 saturated heterocycles. The second-order valence-corrected chi connectivity index (χ2v) is 5.66. The second kappa shape index (κ2) is 6.64. The van der Waals surface area contributed by atoms with Crippen LogP contribution in [0.4, 0.5) is 5.69 Å². The van der Waals surface area contributed by atoms with Crippen molar-refractivity contribution in [2.24, 2.45) is 0 Å². The van der Waals surface area contributed by atoms with E-state index in [-0.39, 0.29) is 0 Å². The lowest BCUT2D eigenvalue weighted by atomic mass is 10.1. The molecule has 3 heteroatoms. The van der Waals surface area contributed by atoms with Gasteiger partial charge in [-0.2, -0.15) is 0 Å². The number of hydrogen-bond donors (Lipinski definition) is 1. The average molecular weight is 282 g/mol. The fraction of sp³-hybridized carbons (Fsp3) is 0.333. The van der Waals surface area contributed by atoms with Crippen LogP contribution in [0, 0.1) is 0 Å². The van der Waals surface area contributed by atoms with Gasteiger partial charge in [-0.25, -0.2) is 0 Å². The highest BCUT2D eigenvalue weighted by Gasteiger charge is 2.16. The molecule has 1 heterocycles. The summed E-state index contributed by atoms with van der Waals surface area (Å²) in [6.45, 7) is 2.33. The number of ether oxygens (including phenoxy) is 1. The van der Waals surface area contributed by atoms with Crippen LogP contribution in [0.15, 0.2) is 54.6 Å². The van der Waals surface area contributed by atoms with Gasteiger partial charge in [0.1, 0.15) is 11.5 Å². The van der Waals surface area contributed by atoms with Crippen molar-refractivity contribution in [3.05, 3.63) is 54.6 Å². The van der Waals surface area contributed by atoms with Gasteiger partial charge in [0.15, 0.2) is 0 Å². The van der Waals surface area contributed by atoms with Gasteiger partial charge in [0.05, 0.1) is 0 Å². The van der Waals surface area contributed by atoms with Gasteiger partial charge in [-0.15, -0.1) is 0 Å². The summed E-state index contributed by atoms with van der Waals surface area (Å²) in [5.41, 5.74) is 1.14. The Labute approximate surface area is 126 Å². The van der Waals surface area contributed by atoms with Crippen LogP contribution in [-0.2, 0) is 0 Å². The molecule has 1 aliphatic heterocycles. The highest BCUT2D eigenvalue weighted by atomic mass is 16.5. The van der Waals surface area contributed by atoms with Crippen LogP contribution in [0.25, 0.3) is 0 Å². The number of hydrogen-bond acceptors (Lipinski definition) is 3. The lowest BCUT2D eigenvalue weighted by molar-refractivity contribution is 0.264. The highest BCUT2D eigenvalue weighted by Crippen LogP contribution is 2.25. The van der Waals surface area contributed by atoms with E-state index < -0.39 is 0 Å². The number of anilines is 1. The summed E-state index contributed by atoms with van der Waals surface area (Å²) in [6, 6.07) is 18.7. The summed E-state index contributed by atoms with van der Waals surface area (Å²) in [5.74, 6) is 1.74. The van der Waals surface area contributed by atoms with E-state index in [0.717, 1.165) is 30.3 Å². The Morgan fingerprint density at radius 1 is 0.952 bits per heavy atom. The van der Waals surface area contributed by atoms with Gasteiger partial charge >= 0.3 is 0 Å². The number of piperidine rings is 1. The van der Waals surface area contributed by atoms with Crippen LogP contribution in [0.5, 0.6) is 11.5 Å². The van der Waals surface area contributed by atoms with Gasteiger partial charge in [0.25, 0.3) is 0 Å². The van der Waals surface area contributed by atoms with E-state index in [2.05, 4.69) is 29.4 Å². The number of benzene rings is 2. The summed E-state index contributed by atoms with van der Waals surface area (Å²) < 4.78 is 5.88. The standard InChI is InChI=1S/C18H22N2O/c1-20-12-10-15(11-13-20)19-16-6-5-9-18(14-16)21-17-7-3-2-4-8-17/h2-9,14-15,19H,10-13H2,1H3. The lowest BCUT2D eigenvalue weighted by Gasteiger charge is -2.30. The third-order valence-electron chi connectivity index (χ3n) is 3.90. The molecule has 0 amide bonds. The molecule has 0 spiro atoms. The number of nitrogens with zero attached hydrogens (tertiary/aromatic N) is 1. The zero-order chi connectivity index (χ0) is 14.5. The van der Waals surface area contributed by atoms with E-state index in [1.54, 1.807) is 0 Å². The minimum Gasteiger partial charge on any atom is -0.457 e. The maximum atomic E-state index is 5.88. The maximum Gasteiger partial charge on any atom is 0.129 e. The Kier molecular flexibility index (Phi) is 4.41. The van der Waals surface area contributed by atoms with Crippen molar-refractivity contribution in [3.63, 3.8) is 0 Å². The first kappa shape index (κ1) is 14.0. The SMILES string of the molecule is CN1CCC(Nc2cccc(Oc3ccccc3)c2)CC1. The Morgan fingerprint density at radius 2 is 1.67 bits per heavy atom. The van der Waals surface area contributed by atoms with Crippen LogP contribution >= 0.6 is 0 Å². The first-order valence-electron chi connectivity index (χ1n) is 7.58. The van der Waals surface area contributed by atoms with Crippen molar-refractivity contribution in [1.82, 2.24) is 4.90 Å². The third-order valence-corrected chi connectivity index (χ3v) is 3.90. The molecule has 1 aliphatic rings. The molecular weight excluding hydrogens is 260 g/mol. The fourth-order valence-electron chi connectivity index (χ4n) is 2.66. The molecular formula is C18H22N2O. The lowest BCUT2D eigenvalue weighted by Crippen LogP contribution is -2.36. The molecule has 110 valence electrons. The van der Waals surface area contributed by atoms with Gasteiger partial charge in [-0.3, -0.25) is 0 Å². The summed E-state index contributed by atoms with van der Waals surface area (Å²) in [6.07, 6.45) is 2.39. The molecule has 2 aromatic rings. The summed E-state index contributed by atoms with van der Waals surface area (Å²) in [4.78, 5) is 2.38. The molecule has 3 rings (SSSR count). The second-order valence-electron chi connectivity index (χ2n) is 5.66. The summed E-state index contributed by atoms with van der Waals surface area (Å²) >= 11 is 0. The number of likely N-dealkylation sites (tertiary alicyclic amines) is 1. The largest absolute Gasteiger partial charge is 0.457 e. The van der Waals surface area contributed by atoms with Gasteiger partial charge in [-0.1, -0.05) is 24.3 Å². The number of nitrogens with one attached hydrogen (secondary N) is 1. The fourth-order valence-corrected chi connectivity index (χ4v) is 2.66. The maximum absolute atomic E-state index is 5.88. The van der Waals surface area contributed by atoms with E-state index in [1.807, 2.05) is 42.5 Å². The molecule has 0 bridgehead atoms. The minimum atomic E-state index is 0.563. The van der Waals surface area contributed by atoms with Gasteiger partial charge in [-0.05, 0) is 57.2 Å². The Morgan fingerprint density at radius 3 is 2.43 bits per heavy atom. The van der Waals surface area contributed by atoms with E-state index in [0.29, 0.717) is 6.04 Å². The van der Waals surface area contributed by atoms with Crippen molar-refractivity contribution >= 4 is 5.69 Å². The number of rotatable bonds is 4. The van der Waals surface area contributed by atoms with E-state index in [9.17, 15) is 0 Å².